The van der Waals surface area contributed by atoms with Crippen LogP contribution in [0.25, 0.3) is 0 Å². The molecule has 1 N–H and O–H groups in total. The minimum Gasteiger partial charge on any atom is -0.494 e. The monoisotopic (exact) mass is 551 g/mol. The van der Waals surface area contributed by atoms with Crippen molar-refractivity contribution in [1.82, 2.24) is 10.5 Å². The van der Waals surface area contributed by atoms with E-state index >= 15 is 0 Å². The third-order valence-corrected chi connectivity index (χ3v) is 8.31. The van der Waals surface area contributed by atoms with Crippen LogP contribution in [-0.2, 0) is 28.8 Å². The van der Waals surface area contributed by atoms with Gasteiger partial charge in [-0.15, -0.1) is 5.06 Å². The molecule has 0 saturated carbocycles. The number of benzene rings is 1. The fourth-order valence-corrected chi connectivity index (χ4v) is 5.65. The lowest BCUT2D eigenvalue weighted by molar-refractivity contribution is -0.197. The molecular formula is C25H33N3O7S2. The van der Waals surface area contributed by atoms with Crippen LogP contribution in [0.3, 0.4) is 0 Å². The molecule has 1 heterocycles. The lowest BCUT2D eigenvalue weighted by Gasteiger charge is -2.21. The topological polar surface area (TPSA) is 131 Å². The predicted octanol–water partition coefficient (Wildman–Crippen LogP) is 3.82. The Labute approximate surface area is 224 Å². The molecule has 1 aliphatic rings. The zero-order chi connectivity index (χ0) is 27.4. The lowest BCUT2D eigenvalue weighted by Crippen LogP contribution is -2.32. The zero-order valence-corrected chi connectivity index (χ0v) is 23.2. The number of carbonyl (C=O) groups excluding carboxylic acids is 5. The summed E-state index contributed by atoms with van der Waals surface area (Å²) in [6.07, 6.45) is 1.28. The molecule has 0 atom stereocenters. The number of amides is 3. The number of hydrogen-bond donors (Lipinski definition) is 1. The SMILES string of the molecule is CC(=O)CCSSC(C)(C)CC(=O)N/N=C(\C)c1ccc(OCCCC(=O)ON2C(=O)CCC2=O)cc1. The van der Waals surface area contributed by atoms with Gasteiger partial charge in [0.25, 0.3) is 11.8 Å². The summed E-state index contributed by atoms with van der Waals surface area (Å²) < 4.78 is 5.32. The number of ether oxygens (including phenoxy) is 1. The number of nitrogens with zero attached hydrogens (tertiary/aromatic N) is 2. The van der Waals surface area contributed by atoms with E-state index in [9.17, 15) is 24.0 Å². The van der Waals surface area contributed by atoms with E-state index in [1.54, 1.807) is 47.6 Å². The quantitative estimate of drug-likeness (QED) is 0.114. The van der Waals surface area contributed by atoms with E-state index in [0.717, 1.165) is 11.3 Å². The molecule has 1 aromatic rings. The number of imide groups is 1. The Hall–Kier alpha value is -2.86. The third-order valence-electron chi connectivity index (χ3n) is 5.02. The molecule has 0 aliphatic carbocycles. The highest BCUT2D eigenvalue weighted by atomic mass is 33.1. The zero-order valence-electron chi connectivity index (χ0n) is 21.5. The maximum absolute atomic E-state index is 12.3. The Bertz CT molecular complexity index is 1010. The number of hydroxylamine groups is 2. The molecule has 0 spiro atoms. The predicted molar refractivity (Wildman–Crippen MR) is 143 cm³/mol. The summed E-state index contributed by atoms with van der Waals surface area (Å²) in [6, 6.07) is 7.14. The number of hydrazone groups is 1. The van der Waals surface area contributed by atoms with Crippen molar-refractivity contribution in [2.75, 3.05) is 12.4 Å². The molecular weight excluding hydrogens is 518 g/mol. The molecule has 0 aromatic heterocycles. The number of carbonyl (C=O) groups is 5. The second-order valence-corrected chi connectivity index (χ2v) is 12.2. The average molecular weight is 552 g/mol. The van der Waals surface area contributed by atoms with Gasteiger partial charge in [0.2, 0.25) is 5.91 Å². The summed E-state index contributed by atoms with van der Waals surface area (Å²) >= 11 is 0. The number of ketones is 1. The molecule has 1 fully saturated rings. The van der Waals surface area contributed by atoms with Gasteiger partial charge in [0.15, 0.2) is 0 Å². The number of nitrogens with one attached hydrogen (secondary N) is 1. The molecule has 2 rings (SSSR count). The lowest BCUT2D eigenvalue weighted by atomic mass is 10.1. The molecule has 1 aliphatic heterocycles. The van der Waals surface area contributed by atoms with Gasteiger partial charge in [0.1, 0.15) is 11.5 Å². The Morgan fingerprint density at radius 3 is 2.32 bits per heavy atom. The molecule has 37 heavy (non-hydrogen) atoms. The maximum atomic E-state index is 12.3. The van der Waals surface area contributed by atoms with Crippen molar-refractivity contribution in [3.8, 4) is 5.75 Å². The van der Waals surface area contributed by atoms with E-state index in [-0.39, 0.29) is 48.7 Å². The Balaban J connectivity index is 1.70. The summed E-state index contributed by atoms with van der Waals surface area (Å²) in [5.41, 5.74) is 4.04. The van der Waals surface area contributed by atoms with Crippen LogP contribution in [0.5, 0.6) is 5.75 Å². The Morgan fingerprint density at radius 1 is 1.05 bits per heavy atom. The number of rotatable bonds is 15. The highest BCUT2D eigenvalue weighted by Gasteiger charge is 2.32. The second-order valence-electron chi connectivity index (χ2n) is 9.05. The van der Waals surface area contributed by atoms with E-state index < -0.39 is 17.8 Å². The van der Waals surface area contributed by atoms with Crippen LogP contribution in [0.2, 0.25) is 0 Å². The van der Waals surface area contributed by atoms with Crippen molar-refractivity contribution in [3.63, 3.8) is 0 Å². The normalized spacial score (nSPS) is 14.1. The van der Waals surface area contributed by atoms with Gasteiger partial charge < -0.3 is 9.57 Å². The van der Waals surface area contributed by atoms with Gasteiger partial charge >= 0.3 is 5.97 Å². The van der Waals surface area contributed by atoms with Crippen LogP contribution < -0.4 is 10.2 Å². The largest absolute Gasteiger partial charge is 0.494 e. The standard InChI is InChI=1S/C25H33N3O7S2/c1-17(29)13-15-36-37-25(3,4)16-21(30)27-26-18(2)19-7-9-20(10-8-19)34-14-5-6-24(33)35-28-22(31)11-12-23(28)32/h7-10H,5-6,11-16H2,1-4H3,(H,27,30)/b26-18+. The Morgan fingerprint density at radius 2 is 1.70 bits per heavy atom. The van der Waals surface area contributed by atoms with E-state index in [4.69, 9.17) is 9.57 Å². The van der Waals surface area contributed by atoms with Crippen molar-refractivity contribution in [2.24, 2.45) is 5.10 Å². The first kappa shape index (κ1) is 30.4. The van der Waals surface area contributed by atoms with Gasteiger partial charge in [0, 0.05) is 36.2 Å². The average Bonchev–Trinajstić information content (AvgIpc) is 3.15. The smallest absolute Gasteiger partial charge is 0.333 e. The number of Topliss-reactive ketones (excluding diaryl/α,β-unsaturated/α-hetero) is 1. The van der Waals surface area contributed by atoms with Crippen molar-refractivity contribution in [3.05, 3.63) is 29.8 Å². The van der Waals surface area contributed by atoms with Gasteiger partial charge in [-0.2, -0.15) is 5.10 Å². The molecule has 0 radical (unpaired) electrons. The minimum atomic E-state index is -0.662. The fraction of sp³-hybridized carbons (Fsp3) is 0.520. The van der Waals surface area contributed by atoms with Gasteiger partial charge in [-0.1, -0.05) is 21.6 Å². The van der Waals surface area contributed by atoms with E-state index in [1.165, 1.54) is 0 Å². The Kier molecular flexibility index (Phi) is 12.1. The highest BCUT2D eigenvalue weighted by Crippen LogP contribution is 2.38. The van der Waals surface area contributed by atoms with E-state index in [0.29, 0.717) is 29.4 Å². The van der Waals surface area contributed by atoms with Crippen LogP contribution >= 0.6 is 21.6 Å². The summed E-state index contributed by atoms with van der Waals surface area (Å²) in [5, 5.41) is 4.72. The number of hydrogen-bond acceptors (Lipinski definition) is 10. The van der Waals surface area contributed by atoms with Gasteiger partial charge in [-0.3, -0.25) is 19.2 Å². The van der Waals surface area contributed by atoms with Crippen molar-refractivity contribution < 1.29 is 33.5 Å². The van der Waals surface area contributed by atoms with Crippen LogP contribution in [0.15, 0.2) is 29.4 Å². The molecule has 10 nitrogen and oxygen atoms in total. The fourth-order valence-electron chi connectivity index (χ4n) is 3.06. The van der Waals surface area contributed by atoms with Crippen LogP contribution in [0.1, 0.15) is 71.8 Å². The minimum absolute atomic E-state index is 0.00697. The van der Waals surface area contributed by atoms with Crippen LogP contribution in [0, 0.1) is 0 Å². The molecule has 12 heteroatoms. The van der Waals surface area contributed by atoms with Gasteiger partial charge in [0.05, 0.1) is 18.7 Å². The first-order valence-corrected chi connectivity index (χ1v) is 14.2. The summed E-state index contributed by atoms with van der Waals surface area (Å²) in [5.74, 6) is -0.397. The maximum Gasteiger partial charge on any atom is 0.333 e. The molecule has 202 valence electrons. The van der Waals surface area contributed by atoms with Crippen molar-refractivity contribution in [1.29, 1.82) is 0 Å². The molecule has 0 unspecified atom stereocenters. The third kappa shape index (κ3) is 11.4. The van der Waals surface area contributed by atoms with Crippen molar-refractivity contribution in [2.45, 2.75) is 71.0 Å². The van der Waals surface area contributed by atoms with Crippen molar-refractivity contribution >= 4 is 56.8 Å². The summed E-state index contributed by atoms with van der Waals surface area (Å²) in [7, 11) is 3.17. The first-order valence-electron chi connectivity index (χ1n) is 11.9. The molecule has 3 amide bonds. The molecule has 0 bridgehead atoms. The first-order chi connectivity index (χ1) is 17.5. The molecule has 1 saturated heterocycles. The summed E-state index contributed by atoms with van der Waals surface area (Å²) in [6.45, 7) is 7.56. The highest BCUT2D eigenvalue weighted by molar-refractivity contribution is 8.77. The van der Waals surface area contributed by atoms with E-state index in [1.807, 2.05) is 26.0 Å². The molecule has 1 aromatic carbocycles. The van der Waals surface area contributed by atoms with Gasteiger partial charge in [-0.05, 0) is 63.9 Å². The van der Waals surface area contributed by atoms with E-state index in [2.05, 4.69) is 10.5 Å². The van der Waals surface area contributed by atoms with Gasteiger partial charge in [-0.25, -0.2) is 10.2 Å². The summed E-state index contributed by atoms with van der Waals surface area (Å²) in [4.78, 5) is 62.9. The van der Waals surface area contributed by atoms with Crippen LogP contribution in [-0.4, -0.2) is 57.4 Å². The van der Waals surface area contributed by atoms with Crippen LogP contribution in [0.4, 0.5) is 0 Å². The second kappa shape index (κ2) is 14.8.